The van der Waals surface area contributed by atoms with E-state index in [-0.39, 0.29) is 78.3 Å². The molecular formula is C24H30IrN3O4-5. The van der Waals surface area contributed by atoms with Gasteiger partial charge in [-0.15, -0.1) is 29.8 Å². The Morgan fingerprint density at radius 3 is 2.38 bits per heavy atom. The first-order valence-electron chi connectivity index (χ1n) is 9.11. The van der Waals surface area contributed by atoms with Crippen LogP contribution in [0.25, 0.3) is 23.6 Å². The van der Waals surface area contributed by atoms with Crippen molar-refractivity contribution in [1.29, 1.82) is 0 Å². The van der Waals surface area contributed by atoms with Crippen LogP contribution in [0.2, 0.25) is 0 Å². The molecule has 3 atom stereocenters. The van der Waals surface area contributed by atoms with Crippen molar-refractivity contribution in [2.24, 2.45) is 17.8 Å². The van der Waals surface area contributed by atoms with E-state index in [2.05, 4.69) is 23.2 Å². The molecule has 2 aliphatic rings. The maximum Gasteiger partial charge on any atom is 0.343 e. The number of ether oxygens (including phenoxy) is 2. The summed E-state index contributed by atoms with van der Waals surface area (Å²) < 4.78 is 10.3. The molecule has 2 bridgehead atoms. The zero-order chi connectivity index (χ0) is 18.6. The van der Waals surface area contributed by atoms with Gasteiger partial charge in [0.25, 0.3) is 0 Å². The first-order valence-corrected chi connectivity index (χ1v) is 9.11. The largest absolute Gasteiger partial charge is 0.693 e. The normalized spacial score (nSPS) is 19.1. The third-order valence-corrected chi connectivity index (χ3v) is 5.13. The zero-order valence-corrected chi connectivity index (χ0v) is 20.7. The summed E-state index contributed by atoms with van der Waals surface area (Å²) in [6.45, 7) is -0.224. The van der Waals surface area contributed by atoms with Gasteiger partial charge in [-0.2, -0.15) is 0 Å². The van der Waals surface area contributed by atoms with Crippen molar-refractivity contribution in [2.75, 3.05) is 6.61 Å². The molecule has 1 radical (unpaired) electrons. The van der Waals surface area contributed by atoms with Gasteiger partial charge >= 0.3 is 11.9 Å². The van der Waals surface area contributed by atoms with E-state index in [1.807, 2.05) is 30.3 Å². The molecule has 1 heterocycles. The Kier molecular flexibility index (Phi) is 14.5. The second-order valence-corrected chi connectivity index (χ2v) is 6.98. The Bertz CT molecular complexity index is 859. The van der Waals surface area contributed by atoms with Crippen LogP contribution in [0, 0.1) is 38.7 Å². The van der Waals surface area contributed by atoms with Crippen molar-refractivity contribution in [1.82, 2.24) is 4.98 Å². The van der Waals surface area contributed by atoms with Gasteiger partial charge in [-0.05, 0) is 36.4 Å². The van der Waals surface area contributed by atoms with Crippen LogP contribution < -0.4 is 0 Å². The summed E-state index contributed by atoms with van der Waals surface area (Å²) in [5.74, 6) is -0.189. The summed E-state index contributed by atoms with van der Waals surface area (Å²) in [6.07, 6.45) is 7.83. The van der Waals surface area contributed by atoms with Crippen molar-refractivity contribution >= 4 is 11.9 Å². The Labute approximate surface area is 204 Å². The number of nitrogens with zero attached hydrogens (tertiary/aromatic N) is 1. The molecule has 1 aromatic heterocycles. The second kappa shape index (κ2) is 14.6. The third kappa shape index (κ3) is 7.64. The Morgan fingerprint density at radius 1 is 1.03 bits per heavy atom. The number of benzene rings is 1. The van der Waals surface area contributed by atoms with Crippen LogP contribution in [0.3, 0.4) is 0 Å². The Hall–Kier alpha value is -2.38. The number of aromatic nitrogens is 1. The molecule has 0 aliphatic heterocycles. The first kappa shape index (κ1) is 31.8. The quantitative estimate of drug-likeness (QED) is 0.234. The molecule has 179 valence electrons. The van der Waals surface area contributed by atoms with Gasteiger partial charge in [0.05, 0.1) is 12.5 Å². The fraction of sp³-hybridized carbons (Fsp3) is 0.292. The van der Waals surface area contributed by atoms with E-state index in [4.69, 9.17) is 9.47 Å². The van der Waals surface area contributed by atoms with Crippen LogP contribution in [0.1, 0.15) is 18.4 Å². The minimum atomic E-state index is -0.546. The van der Waals surface area contributed by atoms with E-state index in [0.29, 0.717) is 5.92 Å². The van der Waals surface area contributed by atoms with Gasteiger partial charge < -0.3 is 41.6 Å². The van der Waals surface area contributed by atoms with E-state index >= 15 is 0 Å². The standard InChI is InChI=1S/C22H20NO4.2CH3.Ir.2H2N/c24-21(14-27-22(25)19-12-16-6-9-18(19)11-16)26-13-15-4-7-17(8-5-15)20-3-1-2-10-23-20;;;;;/h1-7,9-10,16,18-19H,11-14H2;2*1H3;;2*1H2/q3*-1;;2*-1. The minimum Gasteiger partial charge on any atom is -0.693 e. The number of fused-ring (bicyclic) bond motifs is 2. The topological polar surface area (TPSA) is 132 Å². The van der Waals surface area contributed by atoms with E-state index in [1.165, 1.54) is 0 Å². The monoisotopic (exact) mass is 617 g/mol. The summed E-state index contributed by atoms with van der Waals surface area (Å²) >= 11 is 0. The number of allylic oxidation sites excluding steroid dienone is 2. The van der Waals surface area contributed by atoms with Gasteiger partial charge in [-0.3, -0.25) is 4.79 Å². The zero-order valence-electron chi connectivity index (χ0n) is 18.3. The number of nitrogens with two attached hydrogens (primary N) is 2. The molecule has 7 nitrogen and oxygen atoms in total. The number of esters is 2. The van der Waals surface area contributed by atoms with Crippen molar-refractivity contribution < 1.29 is 39.2 Å². The van der Waals surface area contributed by atoms with Gasteiger partial charge in [0.2, 0.25) is 0 Å². The number of rotatable bonds is 6. The predicted molar refractivity (Wildman–Crippen MR) is 122 cm³/mol. The maximum absolute atomic E-state index is 12.1. The molecule has 0 spiro atoms. The molecule has 32 heavy (non-hydrogen) atoms. The average Bonchev–Trinajstić information content (AvgIpc) is 3.35. The van der Waals surface area contributed by atoms with Gasteiger partial charge in [0.15, 0.2) is 6.61 Å². The van der Waals surface area contributed by atoms with Crippen LogP contribution in [-0.4, -0.2) is 23.5 Å². The van der Waals surface area contributed by atoms with Crippen LogP contribution in [0.5, 0.6) is 0 Å². The second-order valence-electron chi connectivity index (χ2n) is 6.98. The van der Waals surface area contributed by atoms with Crippen molar-refractivity contribution in [2.45, 2.75) is 19.4 Å². The number of carbonyl (C=O) groups excluding carboxylic acids is 2. The molecule has 4 rings (SSSR count). The van der Waals surface area contributed by atoms with E-state index in [9.17, 15) is 9.59 Å². The summed E-state index contributed by atoms with van der Waals surface area (Å²) in [5.41, 5.74) is 2.52. The van der Waals surface area contributed by atoms with Crippen LogP contribution in [-0.2, 0) is 45.8 Å². The fourth-order valence-corrected chi connectivity index (χ4v) is 3.72. The van der Waals surface area contributed by atoms with E-state index in [0.717, 1.165) is 29.7 Å². The van der Waals surface area contributed by atoms with E-state index in [1.54, 1.807) is 12.3 Å². The summed E-state index contributed by atoms with van der Waals surface area (Å²) in [4.78, 5) is 28.2. The molecule has 1 fully saturated rings. The number of carbonyl (C=O) groups is 2. The number of pyridine rings is 1. The summed E-state index contributed by atoms with van der Waals surface area (Å²) in [6, 6.07) is 14.3. The van der Waals surface area contributed by atoms with Crippen LogP contribution in [0.4, 0.5) is 0 Å². The molecule has 1 aromatic carbocycles. The molecule has 2 aromatic rings. The van der Waals surface area contributed by atoms with Crippen LogP contribution >= 0.6 is 0 Å². The summed E-state index contributed by atoms with van der Waals surface area (Å²) in [5, 5.41) is 0. The molecule has 0 saturated heterocycles. The Morgan fingerprint density at radius 2 is 1.81 bits per heavy atom. The molecule has 8 heteroatoms. The first-order chi connectivity index (χ1) is 13.2. The van der Waals surface area contributed by atoms with E-state index < -0.39 is 5.97 Å². The Balaban J connectivity index is 0. The van der Waals surface area contributed by atoms with Crippen LogP contribution in [0.15, 0.2) is 54.7 Å². The smallest absolute Gasteiger partial charge is 0.343 e. The number of hydrogen-bond donors (Lipinski definition) is 0. The molecule has 1 saturated carbocycles. The SMILES string of the molecule is O=C(COC(=O)C1CC2C=CC1C2)OCc1c[c-]c(-c2ccccn2)cc1.[CH3-].[CH3-].[Ir].[NH2-].[NH2-]. The average molecular weight is 617 g/mol. The van der Waals surface area contributed by atoms with Crippen molar-refractivity contribution in [3.05, 3.63) is 93.5 Å². The number of hydrogen-bond acceptors (Lipinski definition) is 5. The molecule has 3 unspecified atom stereocenters. The maximum atomic E-state index is 12.1. The van der Waals surface area contributed by atoms with Gasteiger partial charge in [-0.1, -0.05) is 29.8 Å². The van der Waals surface area contributed by atoms with Gasteiger partial charge in [0, 0.05) is 26.3 Å². The fourth-order valence-electron chi connectivity index (χ4n) is 3.72. The van der Waals surface area contributed by atoms with Crippen molar-refractivity contribution in [3.63, 3.8) is 0 Å². The summed E-state index contributed by atoms with van der Waals surface area (Å²) in [7, 11) is 0. The van der Waals surface area contributed by atoms with Crippen molar-refractivity contribution in [3.8, 4) is 11.3 Å². The van der Waals surface area contributed by atoms with Gasteiger partial charge in [-0.25, -0.2) is 4.79 Å². The molecular weight excluding hydrogens is 586 g/mol. The third-order valence-electron chi connectivity index (χ3n) is 5.13. The predicted octanol–water partition coefficient (Wildman–Crippen LogP) is 5.68. The minimum absolute atomic E-state index is 0. The van der Waals surface area contributed by atoms with Gasteiger partial charge in [0.1, 0.15) is 0 Å². The molecule has 0 amide bonds. The molecule has 2 aliphatic carbocycles. The molecule has 4 N–H and O–H groups in total.